The Kier molecular flexibility index (Phi) is 4.55. The molecule has 0 bridgehead atoms. The summed E-state index contributed by atoms with van der Waals surface area (Å²) in [4.78, 5) is 11.6. The zero-order chi connectivity index (χ0) is 14.7. The van der Waals surface area contributed by atoms with Crippen LogP contribution in [0.15, 0.2) is 12.4 Å². The third-order valence-electron chi connectivity index (χ3n) is 4.78. The highest BCUT2D eigenvalue weighted by Crippen LogP contribution is 2.36. The number of nitrogens with zero attached hydrogens (tertiary/aromatic N) is 2. The van der Waals surface area contributed by atoms with Gasteiger partial charge in [0.1, 0.15) is 6.23 Å². The summed E-state index contributed by atoms with van der Waals surface area (Å²) in [5.74, 6) is 5.76. The number of carbonyl (C=O) groups is 1. The highest BCUT2D eigenvalue weighted by atomic mass is 16.5. The molecule has 0 radical (unpaired) electrons. The lowest BCUT2D eigenvalue weighted by Gasteiger charge is -2.26. The zero-order valence-electron chi connectivity index (χ0n) is 12.3. The molecule has 3 rings (SSSR count). The average molecular weight is 292 g/mol. The van der Waals surface area contributed by atoms with Crippen molar-refractivity contribution in [1.82, 2.24) is 15.2 Å². The second-order valence-corrected chi connectivity index (χ2v) is 6.13. The minimum atomic E-state index is -0.0280. The number of amides is 1. The van der Waals surface area contributed by atoms with Crippen molar-refractivity contribution in [3.05, 3.63) is 18.0 Å². The summed E-state index contributed by atoms with van der Waals surface area (Å²) in [6.07, 6.45) is 11.5. The molecule has 1 aliphatic heterocycles. The number of carbonyl (C=O) groups excluding carboxylic acids is 1. The minimum absolute atomic E-state index is 0.0280. The molecule has 3 N–H and O–H groups in total. The number of nitrogens with one attached hydrogen (secondary N) is 1. The van der Waals surface area contributed by atoms with E-state index < -0.39 is 0 Å². The molecule has 0 spiro atoms. The predicted molar refractivity (Wildman–Crippen MR) is 78.1 cm³/mol. The van der Waals surface area contributed by atoms with Crippen LogP contribution in [0.2, 0.25) is 0 Å². The van der Waals surface area contributed by atoms with Gasteiger partial charge in [-0.1, -0.05) is 0 Å². The van der Waals surface area contributed by atoms with Crippen molar-refractivity contribution >= 4 is 5.91 Å². The van der Waals surface area contributed by atoms with E-state index in [-0.39, 0.29) is 18.1 Å². The van der Waals surface area contributed by atoms with Crippen molar-refractivity contribution < 1.29 is 9.53 Å². The summed E-state index contributed by atoms with van der Waals surface area (Å²) in [5.41, 5.74) is 3.54. The molecule has 1 aliphatic carbocycles. The summed E-state index contributed by atoms with van der Waals surface area (Å²) in [5, 5.41) is 4.48. The van der Waals surface area contributed by atoms with Gasteiger partial charge in [0.05, 0.1) is 6.20 Å². The van der Waals surface area contributed by atoms with Gasteiger partial charge in [0.15, 0.2) is 0 Å². The van der Waals surface area contributed by atoms with Crippen molar-refractivity contribution in [2.75, 3.05) is 6.61 Å². The van der Waals surface area contributed by atoms with Gasteiger partial charge in [-0.2, -0.15) is 5.10 Å². The maximum atomic E-state index is 11.6. The van der Waals surface area contributed by atoms with Crippen molar-refractivity contribution in [2.45, 2.75) is 57.1 Å². The van der Waals surface area contributed by atoms with Crippen LogP contribution in [0.3, 0.4) is 0 Å². The van der Waals surface area contributed by atoms with Gasteiger partial charge >= 0.3 is 0 Å². The van der Waals surface area contributed by atoms with Gasteiger partial charge in [-0.3, -0.25) is 10.2 Å². The molecule has 1 aromatic rings. The molecule has 1 aromatic heterocycles. The lowest BCUT2D eigenvalue weighted by Crippen LogP contribution is -2.37. The Morgan fingerprint density at radius 2 is 2.10 bits per heavy atom. The van der Waals surface area contributed by atoms with Crippen LogP contribution >= 0.6 is 0 Å². The third kappa shape index (κ3) is 3.27. The fourth-order valence-corrected chi connectivity index (χ4v) is 3.46. The van der Waals surface area contributed by atoms with Crippen molar-refractivity contribution in [3.8, 4) is 0 Å². The molecule has 1 saturated heterocycles. The third-order valence-corrected chi connectivity index (χ3v) is 4.78. The van der Waals surface area contributed by atoms with E-state index in [2.05, 4.69) is 16.7 Å². The van der Waals surface area contributed by atoms with Gasteiger partial charge in [-0.05, 0) is 56.4 Å². The molecule has 1 atom stereocenters. The normalized spacial score (nSPS) is 30.0. The quantitative estimate of drug-likeness (QED) is 0.506. The number of hydrogen-bond donors (Lipinski definition) is 2. The first-order valence-electron chi connectivity index (χ1n) is 7.94. The number of hydrogen-bond acceptors (Lipinski definition) is 4. The first-order chi connectivity index (χ1) is 10.3. The monoisotopic (exact) mass is 292 g/mol. The first-order valence-corrected chi connectivity index (χ1v) is 7.94. The zero-order valence-corrected chi connectivity index (χ0v) is 12.3. The van der Waals surface area contributed by atoms with E-state index in [0.717, 1.165) is 45.1 Å². The Labute approximate surface area is 125 Å². The summed E-state index contributed by atoms with van der Waals surface area (Å²) in [6, 6.07) is 0. The van der Waals surface area contributed by atoms with E-state index in [4.69, 9.17) is 10.6 Å². The van der Waals surface area contributed by atoms with Crippen LogP contribution in [0, 0.1) is 5.92 Å². The molecule has 2 aliphatic rings. The second-order valence-electron chi connectivity index (χ2n) is 6.13. The van der Waals surface area contributed by atoms with E-state index >= 15 is 0 Å². The maximum absolute atomic E-state index is 11.6. The smallest absolute Gasteiger partial charge is 0.236 e. The topological polar surface area (TPSA) is 82.2 Å². The van der Waals surface area contributed by atoms with Gasteiger partial charge < -0.3 is 4.74 Å². The number of aromatic nitrogens is 2. The molecule has 2 fully saturated rings. The Morgan fingerprint density at radius 1 is 1.29 bits per heavy atom. The lowest BCUT2D eigenvalue weighted by molar-refractivity contribution is -0.126. The summed E-state index contributed by atoms with van der Waals surface area (Å²) < 4.78 is 7.73. The first kappa shape index (κ1) is 14.5. The van der Waals surface area contributed by atoms with Crippen molar-refractivity contribution in [3.63, 3.8) is 0 Å². The highest BCUT2D eigenvalue weighted by molar-refractivity contribution is 5.78. The molecule has 116 valence electrons. The number of nitrogens with two attached hydrogens (primary N) is 1. The lowest BCUT2D eigenvalue weighted by atomic mass is 9.79. The average Bonchev–Trinajstić information content (AvgIpc) is 3.05. The van der Waals surface area contributed by atoms with Crippen molar-refractivity contribution in [1.29, 1.82) is 0 Å². The standard InChI is InChI=1S/C15H24N4O2/c16-18-15(20)12-6-4-11(5-7-12)13-9-17-19(10-13)14-3-1-2-8-21-14/h9-12,14H,1-8,16H2,(H,18,20)/t11-,12-,14?. The van der Waals surface area contributed by atoms with Gasteiger partial charge in [-0.15, -0.1) is 0 Å². The SMILES string of the molecule is NNC(=O)[C@H]1CC[C@H](c2cnn(C3CCCCO3)c2)CC1. The fraction of sp³-hybridized carbons (Fsp3) is 0.733. The molecule has 1 unspecified atom stereocenters. The number of rotatable bonds is 3. The van der Waals surface area contributed by atoms with Crippen LogP contribution in [0.4, 0.5) is 0 Å². The van der Waals surface area contributed by atoms with Crippen LogP contribution in [0.5, 0.6) is 0 Å². The Hall–Kier alpha value is -1.40. The molecular weight excluding hydrogens is 268 g/mol. The van der Waals surface area contributed by atoms with E-state index in [1.807, 2.05) is 10.9 Å². The van der Waals surface area contributed by atoms with E-state index in [1.165, 1.54) is 12.0 Å². The van der Waals surface area contributed by atoms with Crippen LogP contribution < -0.4 is 11.3 Å². The van der Waals surface area contributed by atoms with Crippen LogP contribution in [-0.2, 0) is 9.53 Å². The Balaban J connectivity index is 1.58. The second kappa shape index (κ2) is 6.58. The molecule has 0 aromatic carbocycles. The minimum Gasteiger partial charge on any atom is -0.357 e. The number of ether oxygens (including phenoxy) is 1. The number of hydrazine groups is 1. The van der Waals surface area contributed by atoms with Crippen LogP contribution in [-0.4, -0.2) is 22.3 Å². The predicted octanol–water partition coefficient (Wildman–Crippen LogP) is 1.85. The van der Waals surface area contributed by atoms with E-state index in [9.17, 15) is 4.79 Å². The summed E-state index contributed by atoms with van der Waals surface area (Å²) in [6.45, 7) is 0.833. The molecule has 1 amide bonds. The highest BCUT2D eigenvalue weighted by Gasteiger charge is 2.28. The maximum Gasteiger partial charge on any atom is 0.236 e. The molecule has 1 saturated carbocycles. The molecule has 6 nitrogen and oxygen atoms in total. The van der Waals surface area contributed by atoms with Gasteiger partial charge in [-0.25, -0.2) is 10.5 Å². The molecule has 2 heterocycles. The van der Waals surface area contributed by atoms with Gasteiger partial charge in [0.25, 0.3) is 0 Å². The Bertz CT molecular complexity index is 474. The molecule has 6 heteroatoms. The largest absolute Gasteiger partial charge is 0.357 e. The van der Waals surface area contributed by atoms with Crippen LogP contribution in [0.1, 0.15) is 62.7 Å². The summed E-state index contributed by atoms with van der Waals surface area (Å²) in [7, 11) is 0. The van der Waals surface area contributed by atoms with Crippen molar-refractivity contribution in [2.24, 2.45) is 11.8 Å². The fourth-order valence-electron chi connectivity index (χ4n) is 3.46. The molecular formula is C15H24N4O2. The summed E-state index contributed by atoms with van der Waals surface area (Å²) >= 11 is 0. The van der Waals surface area contributed by atoms with E-state index in [1.54, 1.807) is 0 Å². The molecule has 21 heavy (non-hydrogen) atoms. The Morgan fingerprint density at radius 3 is 2.76 bits per heavy atom. The van der Waals surface area contributed by atoms with Gasteiger partial charge in [0, 0.05) is 18.7 Å². The van der Waals surface area contributed by atoms with E-state index in [0.29, 0.717) is 5.92 Å². The van der Waals surface area contributed by atoms with Crippen LogP contribution in [0.25, 0.3) is 0 Å². The van der Waals surface area contributed by atoms with Gasteiger partial charge in [0.2, 0.25) is 5.91 Å².